The minimum Gasteiger partial charge on any atom is -0.466 e. The molecule has 0 unspecified atom stereocenters. The lowest BCUT2D eigenvalue weighted by Gasteiger charge is -2.31. The molecule has 116 valence electrons. The van der Waals surface area contributed by atoms with E-state index in [1.54, 1.807) is 0 Å². The number of ether oxygens (including phenoxy) is 2. The van der Waals surface area contributed by atoms with E-state index in [1.807, 2.05) is 0 Å². The summed E-state index contributed by atoms with van der Waals surface area (Å²) in [4.78, 5) is 23.0. The Labute approximate surface area is 123 Å². The lowest BCUT2D eigenvalue weighted by Crippen LogP contribution is -2.34. The second-order valence-corrected chi connectivity index (χ2v) is 11.8. The number of hydrogen-bond donors (Lipinski definition) is 0. The van der Waals surface area contributed by atoms with Gasteiger partial charge in [-0.05, 0) is 11.8 Å². The van der Waals surface area contributed by atoms with Crippen molar-refractivity contribution in [1.82, 2.24) is 0 Å². The van der Waals surface area contributed by atoms with Crippen molar-refractivity contribution >= 4 is 20.0 Å². The summed E-state index contributed by atoms with van der Waals surface area (Å²) in [5, 5.41) is 0. The van der Waals surface area contributed by atoms with E-state index in [-0.39, 0.29) is 23.9 Å². The summed E-state index contributed by atoms with van der Waals surface area (Å²) in [6.45, 7) is 8.79. The summed E-state index contributed by atoms with van der Waals surface area (Å²) in [5.74, 6) is -0.757. The van der Waals surface area contributed by atoms with Gasteiger partial charge in [-0.2, -0.15) is 0 Å². The Morgan fingerprint density at radius 1 is 1.20 bits per heavy atom. The highest BCUT2D eigenvalue weighted by atomic mass is 28.3. The highest BCUT2D eigenvalue weighted by Crippen LogP contribution is 2.59. The fourth-order valence-corrected chi connectivity index (χ4v) is 7.60. The van der Waals surface area contributed by atoms with Crippen LogP contribution in [-0.2, 0) is 19.1 Å². The molecule has 0 spiro atoms. The van der Waals surface area contributed by atoms with Crippen molar-refractivity contribution in [3.8, 4) is 0 Å². The van der Waals surface area contributed by atoms with E-state index in [4.69, 9.17) is 4.74 Å². The second kappa shape index (κ2) is 6.74. The van der Waals surface area contributed by atoms with Crippen molar-refractivity contribution in [2.24, 2.45) is 11.3 Å². The van der Waals surface area contributed by atoms with Crippen molar-refractivity contribution in [3.63, 3.8) is 0 Å². The summed E-state index contributed by atoms with van der Waals surface area (Å²) in [5.41, 5.74) is 0.0987. The molecule has 0 aliphatic heterocycles. The molecular weight excluding hydrogens is 272 g/mol. The van der Waals surface area contributed by atoms with Gasteiger partial charge in [-0.15, -0.1) is 0 Å². The highest BCUT2D eigenvalue weighted by molar-refractivity contribution is 6.79. The number of esters is 2. The van der Waals surface area contributed by atoms with Crippen LogP contribution >= 0.6 is 0 Å². The normalized spacial score (nSPS) is 25.1. The quantitative estimate of drug-likeness (QED) is 0.510. The molecule has 1 rings (SSSR count). The van der Waals surface area contributed by atoms with E-state index in [0.717, 1.165) is 6.42 Å². The van der Waals surface area contributed by atoms with Crippen LogP contribution in [0.2, 0.25) is 24.2 Å². The molecule has 0 saturated heterocycles. The molecule has 5 heteroatoms. The zero-order valence-electron chi connectivity index (χ0n) is 13.5. The number of carbonyl (C=O) groups is 2. The van der Waals surface area contributed by atoms with Crippen molar-refractivity contribution in [1.29, 1.82) is 0 Å². The molecule has 0 radical (unpaired) electrons. The van der Waals surface area contributed by atoms with Crippen molar-refractivity contribution in [2.45, 2.75) is 58.3 Å². The third-order valence-corrected chi connectivity index (χ3v) is 11.3. The molecule has 1 fully saturated rings. The van der Waals surface area contributed by atoms with Crippen LogP contribution in [-0.4, -0.2) is 33.7 Å². The van der Waals surface area contributed by atoms with Gasteiger partial charge in [0.15, 0.2) is 6.61 Å². The maximum atomic E-state index is 12.0. The zero-order chi connectivity index (χ0) is 15.4. The van der Waals surface area contributed by atoms with E-state index in [1.165, 1.54) is 31.3 Å². The Kier molecular flexibility index (Phi) is 5.80. The molecule has 1 aliphatic rings. The lowest BCUT2D eigenvalue weighted by molar-refractivity contribution is -0.158. The van der Waals surface area contributed by atoms with Crippen LogP contribution in [0.3, 0.4) is 0 Å². The Morgan fingerprint density at radius 2 is 1.75 bits per heavy atom. The second-order valence-electron chi connectivity index (χ2n) is 6.33. The van der Waals surface area contributed by atoms with Crippen LogP contribution in [0.1, 0.15) is 34.1 Å². The molecule has 1 aliphatic carbocycles. The molecule has 0 amide bonds. The number of rotatable bonds is 8. The standard InChI is InChI=1S/C15H28O4Si/c1-6-20(7-2,8-3)11-15(4)9-12(15)14(17)19-10-13(16)18-5/h12H,6-11H2,1-5H3/t12-,15-/m0/s1. The van der Waals surface area contributed by atoms with Crippen molar-refractivity contribution < 1.29 is 19.1 Å². The topological polar surface area (TPSA) is 52.6 Å². The molecular formula is C15H28O4Si. The molecule has 4 nitrogen and oxygen atoms in total. The fraction of sp³-hybridized carbons (Fsp3) is 0.867. The predicted molar refractivity (Wildman–Crippen MR) is 81.2 cm³/mol. The predicted octanol–water partition coefficient (Wildman–Crippen LogP) is 3.24. The summed E-state index contributed by atoms with van der Waals surface area (Å²) in [6, 6.07) is 5.03. The Balaban J connectivity index is 2.54. The van der Waals surface area contributed by atoms with Crippen molar-refractivity contribution in [3.05, 3.63) is 0 Å². The first-order valence-electron chi connectivity index (χ1n) is 7.60. The van der Waals surface area contributed by atoms with E-state index in [2.05, 4.69) is 32.4 Å². The maximum absolute atomic E-state index is 12.0. The highest BCUT2D eigenvalue weighted by Gasteiger charge is 2.57. The molecule has 20 heavy (non-hydrogen) atoms. The first kappa shape index (κ1) is 17.2. The largest absolute Gasteiger partial charge is 0.466 e. The first-order chi connectivity index (χ1) is 9.36. The Hall–Kier alpha value is -0.843. The van der Waals surface area contributed by atoms with Gasteiger partial charge in [-0.1, -0.05) is 51.9 Å². The summed E-state index contributed by atoms with van der Waals surface area (Å²) < 4.78 is 9.51. The van der Waals surface area contributed by atoms with Crippen molar-refractivity contribution in [2.75, 3.05) is 13.7 Å². The summed E-state index contributed by atoms with van der Waals surface area (Å²) >= 11 is 0. The van der Waals surface area contributed by atoms with E-state index >= 15 is 0 Å². The number of hydrogen-bond acceptors (Lipinski definition) is 4. The molecule has 0 aromatic rings. The molecule has 0 aromatic carbocycles. The fourth-order valence-electron chi connectivity index (χ4n) is 3.24. The Bertz CT molecular complexity index is 357. The van der Waals surface area contributed by atoms with E-state index in [9.17, 15) is 9.59 Å². The van der Waals surface area contributed by atoms with Gasteiger partial charge < -0.3 is 9.47 Å². The zero-order valence-corrected chi connectivity index (χ0v) is 14.5. The number of methoxy groups -OCH3 is 1. The van der Waals surface area contributed by atoms with Gasteiger partial charge in [0.05, 0.1) is 21.1 Å². The molecule has 1 saturated carbocycles. The molecule has 0 N–H and O–H groups in total. The minimum atomic E-state index is -1.23. The maximum Gasteiger partial charge on any atom is 0.344 e. The monoisotopic (exact) mass is 300 g/mol. The average molecular weight is 300 g/mol. The Morgan fingerprint density at radius 3 is 2.20 bits per heavy atom. The van der Waals surface area contributed by atoms with Crippen LogP contribution in [0, 0.1) is 11.3 Å². The van der Waals surface area contributed by atoms with Gasteiger partial charge in [-0.25, -0.2) is 4.79 Å². The molecule has 0 heterocycles. The van der Waals surface area contributed by atoms with Crippen LogP contribution in [0.4, 0.5) is 0 Å². The van der Waals surface area contributed by atoms with Crippen LogP contribution in [0.15, 0.2) is 0 Å². The summed E-state index contributed by atoms with van der Waals surface area (Å²) in [6.07, 6.45) is 0.905. The van der Waals surface area contributed by atoms with Gasteiger partial charge >= 0.3 is 11.9 Å². The van der Waals surface area contributed by atoms with Gasteiger partial charge in [0.1, 0.15) is 0 Å². The van der Waals surface area contributed by atoms with E-state index in [0.29, 0.717) is 0 Å². The molecule has 0 bridgehead atoms. The van der Waals surface area contributed by atoms with Crippen LogP contribution in [0.25, 0.3) is 0 Å². The third kappa shape index (κ3) is 3.84. The van der Waals surface area contributed by atoms with Gasteiger partial charge in [0.25, 0.3) is 0 Å². The van der Waals surface area contributed by atoms with Crippen LogP contribution < -0.4 is 0 Å². The third-order valence-electron chi connectivity index (χ3n) is 5.22. The van der Waals surface area contributed by atoms with Gasteiger partial charge in [-0.3, -0.25) is 4.79 Å². The number of carbonyl (C=O) groups excluding carboxylic acids is 2. The van der Waals surface area contributed by atoms with Gasteiger partial charge in [0.2, 0.25) is 0 Å². The van der Waals surface area contributed by atoms with E-state index < -0.39 is 14.0 Å². The SMILES string of the molecule is CC[Si](CC)(CC)C[C@]1(C)C[C@H]1C(=O)OCC(=O)OC. The minimum absolute atomic E-state index is 0.0244. The van der Waals surface area contributed by atoms with Gasteiger partial charge in [0, 0.05) is 0 Å². The summed E-state index contributed by atoms with van der Waals surface area (Å²) in [7, 11) is 0.0637. The first-order valence-corrected chi connectivity index (χ1v) is 10.4. The molecule has 2 atom stereocenters. The van der Waals surface area contributed by atoms with Crippen LogP contribution in [0.5, 0.6) is 0 Å². The smallest absolute Gasteiger partial charge is 0.344 e. The average Bonchev–Trinajstić information content (AvgIpc) is 3.13. The lowest BCUT2D eigenvalue weighted by atomic mass is 10.1. The molecule has 0 aromatic heterocycles.